The average Bonchev–Trinajstić information content (AvgIpc) is 2.35. The highest BCUT2D eigenvalue weighted by molar-refractivity contribution is 5.79. The molecule has 0 saturated carbocycles. The molecule has 0 fully saturated rings. The van der Waals surface area contributed by atoms with Gasteiger partial charge in [0.15, 0.2) is 6.29 Å². The lowest BCUT2D eigenvalue weighted by Crippen LogP contribution is -2.18. The van der Waals surface area contributed by atoms with Crippen LogP contribution in [-0.2, 0) is 4.79 Å². The summed E-state index contributed by atoms with van der Waals surface area (Å²) in [5.74, 6) is 0.565. The lowest BCUT2D eigenvalue weighted by molar-refractivity contribution is -0.120. The smallest absolute Gasteiger partial charge is 0.219 e. The second-order valence-electron chi connectivity index (χ2n) is 3.78. The molecule has 1 amide bonds. The quantitative estimate of drug-likeness (QED) is 0.603. The van der Waals surface area contributed by atoms with Gasteiger partial charge in [-0.1, -0.05) is 11.6 Å². The minimum Gasteiger partial charge on any atom is -0.493 e. The summed E-state index contributed by atoms with van der Waals surface area (Å²) >= 11 is 0. The van der Waals surface area contributed by atoms with Crippen LogP contribution in [0.25, 0.3) is 0 Å². The number of hydrogen-bond acceptors (Lipinski definition) is 3. The largest absolute Gasteiger partial charge is 0.493 e. The van der Waals surface area contributed by atoms with E-state index in [9.17, 15) is 9.59 Å². The van der Waals surface area contributed by atoms with E-state index in [2.05, 4.69) is 5.32 Å². The molecule has 92 valence electrons. The lowest BCUT2D eigenvalue weighted by atomic mass is 10.1. The summed E-state index contributed by atoms with van der Waals surface area (Å²) < 4.78 is 5.47. The van der Waals surface area contributed by atoms with E-state index >= 15 is 0 Å². The number of amides is 1. The van der Waals surface area contributed by atoms with Gasteiger partial charge in [-0.2, -0.15) is 0 Å². The molecule has 0 radical (unpaired) electrons. The van der Waals surface area contributed by atoms with Crippen LogP contribution in [0, 0.1) is 6.92 Å². The SMILES string of the molecule is CNC(=O)CCCOc1ccc(C)cc1C=O. The normalized spacial score (nSPS) is 9.76. The Labute approximate surface area is 101 Å². The first-order valence-corrected chi connectivity index (χ1v) is 5.56. The highest BCUT2D eigenvalue weighted by atomic mass is 16.5. The van der Waals surface area contributed by atoms with Crippen LogP contribution in [-0.4, -0.2) is 25.8 Å². The maximum atomic E-state index is 11.0. The van der Waals surface area contributed by atoms with Gasteiger partial charge in [-0.25, -0.2) is 0 Å². The van der Waals surface area contributed by atoms with Gasteiger partial charge in [0, 0.05) is 13.5 Å². The van der Waals surface area contributed by atoms with Gasteiger partial charge < -0.3 is 10.1 Å². The second kappa shape index (κ2) is 6.68. The summed E-state index contributed by atoms with van der Waals surface area (Å²) in [4.78, 5) is 21.8. The van der Waals surface area contributed by atoms with E-state index < -0.39 is 0 Å². The summed E-state index contributed by atoms with van der Waals surface area (Å²) in [5, 5.41) is 2.54. The van der Waals surface area contributed by atoms with Gasteiger partial charge in [-0.15, -0.1) is 0 Å². The molecule has 0 aliphatic heterocycles. The number of carbonyl (C=O) groups is 2. The zero-order valence-electron chi connectivity index (χ0n) is 10.2. The van der Waals surface area contributed by atoms with Crippen LogP contribution in [0.15, 0.2) is 18.2 Å². The first-order valence-electron chi connectivity index (χ1n) is 5.56. The molecule has 0 unspecified atom stereocenters. The van der Waals surface area contributed by atoms with Crippen molar-refractivity contribution in [3.8, 4) is 5.75 Å². The van der Waals surface area contributed by atoms with Crippen LogP contribution < -0.4 is 10.1 Å². The minimum absolute atomic E-state index is 0.00637. The molecule has 0 aliphatic rings. The molecular weight excluding hydrogens is 218 g/mol. The minimum atomic E-state index is -0.00637. The van der Waals surface area contributed by atoms with Crippen molar-refractivity contribution in [1.29, 1.82) is 0 Å². The van der Waals surface area contributed by atoms with Crippen molar-refractivity contribution in [1.82, 2.24) is 5.32 Å². The number of benzene rings is 1. The average molecular weight is 235 g/mol. The molecule has 1 aromatic carbocycles. The highest BCUT2D eigenvalue weighted by Gasteiger charge is 2.03. The van der Waals surface area contributed by atoms with E-state index in [0.29, 0.717) is 30.8 Å². The van der Waals surface area contributed by atoms with E-state index in [1.165, 1.54) is 0 Å². The number of aryl methyl sites for hydroxylation is 1. The molecule has 1 rings (SSSR count). The molecule has 0 aromatic heterocycles. The topological polar surface area (TPSA) is 55.4 Å². The Morgan fingerprint density at radius 1 is 1.47 bits per heavy atom. The van der Waals surface area contributed by atoms with E-state index in [1.54, 1.807) is 19.2 Å². The van der Waals surface area contributed by atoms with Crippen molar-refractivity contribution in [3.63, 3.8) is 0 Å². The predicted molar refractivity (Wildman–Crippen MR) is 65.4 cm³/mol. The molecule has 0 saturated heterocycles. The molecule has 17 heavy (non-hydrogen) atoms. The molecule has 4 nitrogen and oxygen atoms in total. The first kappa shape index (κ1) is 13.2. The maximum absolute atomic E-state index is 11.0. The summed E-state index contributed by atoms with van der Waals surface area (Å²) in [6.45, 7) is 2.35. The number of nitrogens with one attached hydrogen (secondary N) is 1. The molecule has 0 bridgehead atoms. The van der Waals surface area contributed by atoms with Crippen molar-refractivity contribution in [3.05, 3.63) is 29.3 Å². The Balaban J connectivity index is 2.46. The summed E-state index contributed by atoms with van der Waals surface area (Å²) in [7, 11) is 1.60. The number of rotatable bonds is 6. The van der Waals surface area contributed by atoms with E-state index in [4.69, 9.17) is 4.74 Å². The van der Waals surface area contributed by atoms with Crippen LogP contribution in [0.2, 0.25) is 0 Å². The summed E-state index contributed by atoms with van der Waals surface area (Å²) in [6.07, 6.45) is 1.84. The van der Waals surface area contributed by atoms with Crippen molar-refractivity contribution in [2.24, 2.45) is 0 Å². The first-order chi connectivity index (χ1) is 8.17. The maximum Gasteiger partial charge on any atom is 0.219 e. The van der Waals surface area contributed by atoms with Gasteiger partial charge in [0.2, 0.25) is 5.91 Å². The predicted octanol–water partition coefficient (Wildman–Crippen LogP) is 1.71. The van der Waals surface area contributed by atoms with Crippen molar-refractivity contribution in [2.45, 2.75) is 19.8 Å². The van der Waals surface area contributed by atoms with Gasteiger partial charge >= 0.3 is 0 Å². The molecule has 1 N–H and O–H groups in total. The Hall–Kier alpha value is -1.84. The summed E-state index contributed by atoms with van der Waals surface area (Å²) in [6, 6.07) is 5.45. The van der Waals surface area contributed by atoms with Crippen molar-refractivity contribution < 1.29 is 14.3 Å². The van der Waals surface area contributed by atoms with Gasteiger partial charge in [0.25, 0.3) is 0 Å². The highest BCUT2D eigenvalue weighted by Crippen LogP contribution is 2.18. The van der Waals surface area contributed by atoms with Crippen LogP contribution in [0.5, 0.6) is 5.75 Å². The van der Waals surface area contributed by atoms with Crippen LogP contribution in [0.1, 0.15) is 28.8 Å². The number of ether oxygens (including phenoxy) is 1. The molecule has 4 heteroatoms. The third-order valence-corrected chi connectivity index (χ3v) is 2.38. The van der Waals surface area contributed by atoms with Crippen LogP contribution in [0.3, 0.4) is 0 Å². The van der Waals surface area contributed by atoms with Crippen molar-refractivity contribution >= 4 is 12.2 Å². The van der Waals surface area contributed by atoms with Gasteiger partial charge in [0.05, 0.1) is 12.2 Å². The van der Waals surface area contributed by atoms with Gasteiger partial charge in [-0.3, -0.25) is 9.59 Å². The molecule has 0 atom stereocenters. The Morgan fingerprint density at radius 3 is 2.88 bits per heavy atom. The monoisotopic (exact) mass is 235 g/mol. The Morgan fingerprint density at radius 2 is 2.24 bits per heavy atom. The van der Waals surface area contributed by atoms with Crippen molar-refractivity contribution in [2.75, 3.05) is 13.7 Å². The number of aldehydes is 1. The zero-order chi connectivity index (χ0) is 12.7. The molecule has 0 aliphatic carbocycles. The van der Waals surface area contributed by atoms with E-state index in [1.807, 2.05) is 13.0 Å². The third kappa shape index (κ3) is 4.26. The Bertz CT molecular complexity index is 402. The second-order valence-corrected chi connectivity index (χ2v) is 3.78. The standard InChI is InChI=1S/C13H17NO3/c1-10-5-6-12(11(8-10)9-15)17-7-3-4-13(16)14-2/h5-6,8-9H,3-4,7H2,1-2H3,(H,14,16). The fraction of sp³-hybridized carbons (Fsp3) is 0.385. The zero-order valence-corrected chi connectivity index (χ0v) is 10.2. The van der Waals surface area contributed by atoms with Gasteiger partial charge in [0.1, 0.15) is 5.75 Å². The molecule has 0 heterocycles. The fourth-order valence-electron chi connectivity index (χ4n) is 1.43. The van der Waals surface area contributed by atoms with Crippen LogP contribution >= 0.6 is 0 Å². The lowest BCUT2D eigenvalue weighted by Gasteiger charge is -2.08. The fourth-order valence-corrected chi connectivity index (χ4v) is 1.43. The summed E-state index contributed by atoms with van der Waals surface area (Å²) in [5.41, 5.74) is 1.56. The molecule has 0 spiro atoms. The number of hydrogen-bond donors (Lipinski definition) is 1. The Kier molecular flexibility index (Phi) is 5.20. The van der Waals surface area contributed by atoms with Crippen LogP contribution in [0.4, 0.5) is 0 Å². The molecular formula is C13H17NO3. The molecule has 1 aromatic rings. The van der Waals surface area contributed by atoms with E-state index in [0.717, 1.165) is 11.8 Å². The number of carbonyl (C=O) groups excluding carboxylic acids is 2. The van der Waals surface area contributed by atoms with Gasteiger partial charge in [-0.05, 0) is 25.5 Å². The van der Waals surface area contributed by atoms with E-state index in [-0.39, 0.29) is 5.91 Å². The third-order valence-electron chi connectivity index (χ3n) is 2.38.